The molecule has 0 saturated carbocycles. The molecule has 0 aromatic heterocycles. The normalized spacial score (nSPS) is 13.4. The molecular formula is C37H47N3O7. The summed E-state index contributed by atoms with van der Waals surface area (Å²) in [6.45, 7) is 10.7. The van der Waals surface area contributed by atoms with Gasteiger partial charge in [-0.1, -0.05) is 78.9 Å². The fourth-order valence-electron chi connectivity index (χ4n) is 4.75. The summed E-state index contributed by atoms with van der Waals surface area (Å²) in [4.78, 5) is 52.5. The quantitative estimate of drug-likeness (QED) is 0.194. The van der Waals surface area contributed by atoms with E-state index in [2.05, 4.69) is 16.0 Å². The lowest BCUT2D eigenvalue weighted by atomic mass is 9.93. The second-order valence-electron chi connectivity index (χ2n) is 13.5. The number of alkyl carbamates (subject to hydrolysis) is 1. The van der Waals surface area contributed by atoms with E-state index in [-0.39, 0.29) is 25.4 Å². The lowest BCUT2D eigenvalue weighted by Crippen LogP contribution is -2.54. The average Bonchev–Trinajstić information content (AvgIpc) is 2.99. The molecule has 3 aromatic carbocycles. The van der Waals surface area contributed by atoms with Crippen molar-refractivity contribution in [2.75, 3.05) is 0 Å². The van der Waals surface area contributed by atoms with Crippen LogP contribution in [0.1, 0.15) is 75.0 Å². The largest absolute Gasteiger partial charge is 0.461 e. The molecule has 0 fully saturated rings. The van der Waals surface area contributed by atoms with E-state index in [1.807, 2.05) is 69.3 Å². The van der Waals surface area contributed by atoms with Crippen LogP contribution >= 0.6 is 0 Å². The van der Waals surface area contributed by atoms with Crippen molar-refractivity contribution in [3.05, 3.63) is 107 Å². The SMILES string of the molecule is CC(C)(C)NC(=O)c1ccccc1C[C@@H](O)[C@H](Cc1ccccc1)NC(=O)[C@H](CC(=O)OCc1ccccc1)NC(=O)OC(C)(C)C. The number of nitrogens with one attached hydrogen (secondary N) is 3. The maximum atomic E-state index is 13.8. The Kier molecular flexibility index (Phi) is 13.1. The number of hydrogen-bond acceptors (Lipinski definition) is 7. The molecule has 0 unspecified atom stereocenters. The zero-order chi connectivity index (χ0) is 34.6. The summed E-state index contributed by atoms with van der Waals surface area (Å²) in [6, 6.07) is 23.1. The number of aliphatic hydroxyl groups is 1. The van der Waals surface area contributed by atoms with Gasteiger partial charge in [-0.2, -0.15) is 0 Å². The van der Waals surface area contributed by atoms with Gasteiger partial charge in [0.2, 0.25) is 5.91 Å². The molecule has 252 valence electrons. The summed E-state index contributed by atoms with van der Waals surface area (Å²) in [7, 11) is 0. The second-order valence-corrected chi connectivity index (χ2v) is 13.5. The van der Waals surface area contributed by atoms with Crippen LogP contribution in [0.2, 0.25) is 0 Å². The minimum Gasteiger partial charge on any atom is -0.461 e. The van der Waals surface area contributed by atoms with Crippen LogP contribution in [-0.4, -0.2) is 58.3 Å². The molecule has 0 heterocycles. The van der Waals surface area contributed by atoms with Crippen LogP contribution in [0.4, 0.5) is 4.79 Å². The second kappa shape index (κ2) is 16.7. The van der Waals surface area contributed by atoms with Crippen molar-refractivity contribution in [2.45, 2.75) is 96.7 Å². The van der Waals surface area contributed by atoms with Gasteiger partial charge in [-0.25, -0.2) is 4.79 Å². The molecule has 4 N–H and O–H groups in total. The predicted octanol–water partition coefficient (Wildman–Crippen LogP) is 4.87. The molecule has 3 amide bonds. The van der Waals surface area contributed by atoms with Crippen LogP contribution in [0, 0.1) is 0 Å². The number of benzene rings is 3. The maximum absolute atomic E-state index is 13.8. The van der Waals surface area contributed by atoms with E-state index in [0.29, 0.717) is 11.1 Å². The Labute approximate surface area is 277 Å². The zero-order valence-electron chi connectivity index (χ0n) is 28.0. The molecule has 0 aliphatic carbocycles. The molecule has 3 atom stereocenters. The van der Waals surface area contributed by atoms with E-state index in [9.17, 15) is 24.3 Å². The van der Waals surface area contributed by atoms with Gasteiger partial charge >= 0.3 is 12.1 Å². The first-order valence-electron chi connectivity index (χ1n) is 15.7. The van der Waals surface area contributed by atoms with E-state index < -0.39 is 53.7 Å². The number of amides is 3. The topological polar surface area (TPSA) is 143 Å². The third kappa shape index (κ3) is 13.3. The van der Waals surface area contributed by atoms with Crippen molar-refractivity contribution in [2.24, 2.45) is 0 Å². The molecule has 3 aromatic rings. The van der Waals surface area contributed by atoms with Gasteiger partial charge in [-0.15, -0.1) is 0 Å². The third-order valence-electron chi connectivity index (χ3n) is 6.89. The number of carbonyl (C=O) groups excluding carboxylic acids is 4. The lowest BCUT2D eigenvalue weighted by molar-refractivity contribution is -0.147. The van der Waals surface area contributed by atoms with E-state index >= 15 is 0 Å². The Morgan fingerprint density at radius 2 is 1.32 bits per heavy atom. The highest BCUT2D eigenvalue weighted by Crippen LogP contribution is 2.17. The molecule has 47 heavy (non-hydrogen) atoms. The highest BCUT2D eigenvalue weighted by molar-refractivity contribution is 5.96. The Morgan fingerprint density at radius 3 is 1.91 bits per heavy atom. The van der Waals surface area contributed by atoms with Crippen molar-refractivity contribution in [3.8, 4) is 0 Å². The first kappa shape index (κ1) is 36.8. The van der Waals surface area contributed by atoms with Gasteiger partial charge in [0.1, 0.15) is 18.2 Å². The van der Waals surface area contributed by atoms with E-state index in [4.69, 9.17) is 9.47 Å². The summed E-state index contributed by atoms with van der Waals surface area (Å²) in [5, 5.41) is 19.9. The van der Waals surface area contributed by atoms with Crippen molar-refractivity contribution in [1.29, 1.82) is 0 Å². The molecular weight excluding hydrogens is 598 g/mol. The monoisotopic (exact) mass is 645 g/mol. The maximum Gasteiger partial charge on any atom is 0.408 e. The Morgan fingerprint density at radius 1 is 0.745 bits per heavy atom. The van der Waals surface area contributed by atoms with Crippen molar-refractivity contribution >= 4 is 23.9 Å². The van der Waals surface area contributed by atoms with Crippen LogP contribution in [0.3, 0.4) is 0 Å². The Balaban J connectivity index is 1.84. The zero-order valence-corrected chi connectivity index (χ0v) is 28.0. The van der Waals surface area contributed by atoms with Crippen LogP contribution in [0.25, 0.3) is 0 Å². The van der Waals surface area contributed by atoms with Gasteiger partial charge in [-0.05, 0) is 70.7 Å². The number of rotatable bonds is 13. The van der Waals surface area contributed by atoms with Crippen molar-refractivity contribution in [1.82, 2.24) is 16.0 Å². The highest BCUT2D eigenvalue weighted by atomic mass is 16.6. The first-order chi connectivity index (χ1) is 22.1. The van der Waals surface area contributed by atoms with E-state index in [0.717, 1.165) is 11.1 Å². The molecule has 10 heteroatoms. The fourth-order valence-corrected chi connectivity index (χ4v) is 4.75. The highest BCUT2D eigenvalue weighted by Gasteiger charge is 2.31. The number of esters is 1. The molecule has 0 radical (unpaired) electrons. The van der Waals surface area contributed by atoms with Crippen LogP contribution in [-0.2, 0) is 38.5 Å². The van der Waals surface area contributed by atoms with Gasteiger partial charge in [0.05, 0.1) is 18.6 Å². The molecule has 3 rings (SSSR count). The molecule has 10 nitrogen and oxygen atoms in total. The minimum atomic E-state index is -1.36. The number of carbonyl (C=O) groups is 4. The minimum absolute atomic E-state index is 0.00199. The molecule has 0 spiro atoms. The van der Waals surface area contributed by atoms with Crippen molar-refractivity contribution < 1.29 is 33.8 Å². The molecule has 0 aliphatic rings. The van der Waals surface area contributed by atoms with Crippen LogP contribution < -0.4 is 16.0 Å². The smallest absolute Gasteiger partial charge is 0.408 e. The van der Waals surface area contributed by atoms with Gasteiger partial charge in [0, 0.05) is 17.5 Å². The standard InChI is InChI=1S/C37H47N3O7/c1-36(2,3)40-33(43)28-20-14-13-19-27(28)22-31(41)29(21-25-15-9-7-10-16-25)38-34(44)30(39-35(45)47-37(4,5)6)23-32(42)46-24-26-17-11-8-12-18-26/h7-20,29-31,41H,21-24H2,1-6H3,(H,38,44)(H,39,45)(H,40,43)/t29-,30-,31+/m0/s1. The average molecular weight is 646 g/mol. The van der Waals surface area contributed by atoms with Gasteiger partial charge < -0.3 is 30.5 Å². The summed E-state index contributed by atoms with van der Waals surface area (Å²) < 4.78 is 10.7. The van der Waals surface area contributed by atoms with Gasteiger partial charge in [-0.3, -0.25) is 14.4 Å². The molecule has 0 bridgehead atoms. The molecule has 0 aliphatic heterocycles. The summed E-state index contributed by atoms with van der Waals surface area (Å²) in [5.41, 5.74) is 1.31. The Hall–Kier alpha value is -4.70. The lowest BCUT2D eigenvalue weighted by Gasteiger charge is -2.28. The van der Waals surface area contributed by atoms with Gasteiger partial charge in [0.15, 0.2) is 0 Å². The number of hydrogen-bond donors (Lipinski definition) is 4. The third-order valence-corrected chi connectivity index (χ3v) is 6.89. The van der Waals surface area contributed by atoms with E-state index in [1.165, 1.54) is 0 Å². The first-order valence-corrected chi connectivity index (χ1v) is 15.7. The molecule has 0 saturated heterocycles. The summed E-state index contributed by atoms with van der Waals surface area (Å²) in [5.74, 6) is -1.69. The van der Waals surface area contributed by atoms with Crippen molar-refractivity contribution in [3.63, 3.8) is 0 Å². The predicted molar refractivity (Wildman–Crippen MR) is 179 cm³/mol. The van der Waals surface area contributed by atoms with E-state index in [1.54, 1.807) is 57.2 Å². The number of ether oxygens (including phenoxy) is 2. The summed E-state index contributed by atoms with van der Waals surface area (Å²) in [6.07, 6.45) is -2.21. The van der Waals surface area contributed by atoms with Crippen LogP contribution in [0.15, 0.2) is 84.9 Å². The fraction of sp³-hybridized carbons (Fsp3) is 0.405. The number of aliphatic hydroxyl groups excluding tert-OH is 1. The van der Waals surface area contributed by atoms with Crippen LogP contribution in [0.5, 0.6) is 0 Å². The van der Waals surface area contributed by atoms with Gasteiger partial charge in [0.25, 0.3) is 5.91 Å². The summed E-state index contributed by atoms with van der Waals surface area (Å²) >= 11 is 0. The Bertz CT molecular complexity index is 1480.